The lowest BCUT2D eigenvalue weighted by atomic mass is 9.58. The molecule has 0 spiro atoms. The Balaban J connectivity index is 1.59. The van der Waals surface area contributed by atoms with Gasteiger partial charge in [0.2, 0.25) is 0 Å². The first-order valence-corrected chi connectivity index (χ1v) is 11.9. The second-order valence-corrected chi connectivity index (χ2v) is 9.89. The average Bonchev–Trinajstić information content (AvgIpc) is 3.60. The van der Waals surface area contributed by atoms with Gasteiger partial charge in [-0.2, -0.15) is 0 Å². The van der Waals surface area contributed by atoms with Crippen LogP contribution in [0.25, 0.3) is 0 Å². The third kappa shape index (κ3) is 4.02. The number of benzene rings is 2. The molecule has 0 aromatic heterocycles. The van der Waals surface area contributed by atoms with E-state index in [4.69, 9.17) is 0 Å². The molecule has 0 aliphatic heterocycles. The van der Waals surface area contributed by atoms with Crippen molar-refractivity contribution in [3.05, 3.63) is 155 Å². The fraction of sp³-hybridized carbons (Fsp3) is 0.0690. The van der Waals surface area contributed by atoms with Crippen LogP contribution in [-0.2, 0) is 0 Å². The van der Waals surface area contributed by atoms with Gasteiger partial charge in [-0.25, -0.2) is 0 Å². The molecule has 3 fully saturated rings. The highest BCUT2D eigenvalue weighted by Crippen LogP contribution is 2.63. The zero-order chi connectivity index (χ0) is 20.2. The van der Waals surface area contributed by atoms with E-state index in [0.29, 0.717) is 0 Å². The van der Waals surface area contributed by atoms with Crippen LogP contribution in [0.1, 0.15) is 0 Å². The van der Waals surface area contributed by atoms with Crippen LogP contribution in [0.3, 0.4) is 0 Å². The highest BCUT2D eigenvalue weighted by molar-refractivity contribution is 7.73. The molecule has 145 valence electrons. The van der Waals surface area contributed by atoms with Gasteiger partial charge in [-0.05, 0) is 125 Å². The fourth-order valence-corrected chi connectivity index (χ4v) is 7.28. The summed E-state index contributed by atoms with van der Waals surface area (Å²) in [6.07, 6.45) is 27.8. The highest BCUT2D eigenvalue weighted by atomic mass is 31.1. The first kappa shape index (κ1) is 20.8. The Morgan fingerprint density at radius 3 is 1.13 bits per heavy atom. The Morgan fingerprint density at radius 1 is 0.467 bits per heavy atom. The molecule has 15 radical (unpaired) electrons. The molecule has 0 amide bonds. The van der Waals surface area contributed by atoms with Crippen molar-refractivity contribution in [1.82, 2.24) is 0 Å². The predicted molar refractivity (Wildman–Crippen MR) is 128 cm³/mol. The van der Waals surface area contributed by atoms with Crippen LogP contribution < -0.4 is 10.6 Å². The van der Waals surface area contributed by atoms with Crippen molar-refractivity contribution in [2.24, 2.45) is 5.41 Å². The number of rotatable bonds is 7. The molecule has 2 aromatic rings. The molecule has 3 aliphatic rings. The first-order chi connectivity index (χ1) is 14.9. The smallest absolute Gasteiger partial charge is 0.00485 e. The summed E-state index contributed by atoms with van der Waals surface area (Å²) in [5.74, 6) is 4.12. The largest absolute Gasteiger partial charge is 0.0622 e. The summed E-state index contributed by atoms with van der Waals surface area (Å²) in [5, 5.41) is 2.85. The molecule has 3 aliphatic carbocycles. The van der Waals surface area contributed by atoms with Gasteiger partial charge in [0.1, 0.15) is 0 Å². The van der Waals surface area contributed by atoms with Gasteiger partial charge >= 0.3 is 0 Å². The lowest BCUT2D eigenvalue weighted by molar-refractivity contribution is 0.458. The van der Waals surface area contributed by atoms with Crippen molar-refractivity contribution < 1.29 is 0 Å². The van der Waals surface area contributed by atoms with Crippen molar-refractivity contribution in [2.75, 3.05) is 6.16 Å². The Labute approximate surface area is 185 Å². The fourth-order valence-electron chi connectivity index (χ4n) is 4.53. The van der Waals surface area contributed by atoms with E-state index in [9.17, 15) is 0 Å². The van der Waals surface area contributed by atoms with Crippen LogP contribution in [0.4, 0.5) is 0 Å². The van der Waals surface area contributed by atoms with Crippen LogP contribution in [-0.4, -0.2) is 6.16 Å². The number of hydrogen-bond donors (Lipinski definition) is 0. The van der Waals surface area contributed by atoms with Gasteiger partial charge in [0.05, 0.1) is 0 Å². The summed E-state index contributed by atoms with van der Waals surface area (Å²) >= 11 is 0. The summed E-state index contributed by atoms with van der Waals surface area (Å²) in [7, 11) is -0.553. The van der Waals surface area contributed by atoms with Crippen LogP contribution in [0.15, 0.2) is 60.7 Å². The number of hydrogen-bond acceptors (Lipinski definition) is 0. The summed E-state index contributed by atoms with van der Waals surface area (Å²) in [6, 6.07) is 22.1. The molecule has 0 atom stereocenters. The average molecular weight is 403 g/mol. The van der Waals surface area contributed by atoms with Gasteiger partial charge in [-0.15, -0.1) is 0 Å². The molecule has 0 heterocycles. The van der Waals surface area contributed by atoms with E-state index < -0.39 is 7.92 Å². The molecular weight excluding hydrogens is 379 g/mol. The van der Waals surface area contributed by atoms with Crippen LogP contribution >= 0.6 is 7.92 Å². The third-order valence-electron chi connectivity index (χ3n) is 6.00. The van der Waals surface area contributed by atoms with E-state index in [1.165, 1.54) is 28.4 Å². The van der Waals surface area contributed by atoms with Crippen molar-refractivity contribution in [3.63, 3.8) is 0 Å². The molecule has 0 unspecified atom stereocenters. The quantitative estimate of drug-likeness (QED) is 0.549. The van der Waals surface area contributed by atoms with Crippen molar-refractivity contribution >= 4 is 18.5 Å². The molecule has 5 rings (SSSR count). The Bertz CT molecular complexity index is 684. The molecule has 0 saturated heterocycles. The second-order valence-electron chi connectivity index (χ2n) is 7.68. The van der Waals surface area contributed by atoms with Crippen molar-refractivity contribution in [1.29, 1.82) is 0 Å². The van der Waals surface area contributed by atoms with E-state index >= 15 is 0 Å². The Hall–Kier alpha value is -1.13. The van der Waals surface area contributed by atoms with Gasteiger partial charge < -0.3 is 0 Å². The lowest BCUT2D eigenvalue weighted by Crippen LogP contribution is -2.44. The summed E-state index contributed by atoms with van der Waals surface area (Å²) in [5.41, 5.74) is -0.173. The maximum absolute atomic E-state index is 2.30. The van der Waals surface area contributed by atoms with Crippen LogP contribution in [0.5, 0.6) is 0 Å². The third-order valence-corrected chi connectivity index (χ3v) is 8.63. The molecule has 30 heavy (non-hydrogen) atoms. The standard InChI is InChI=1S/C29H24P/c1-3-19-27(20-4-1)30(28-21-5-2-6-22-28)23-29(24-13-7-8-14-24,25-15-9-10-16-25)26-17-11-12-18-26/h1-22H,23H2. The van der Waals surface area contributed by atoms with Crippen LogP contribution in [0.2, 0.25) is 0 Å². The molecule has 0 N–H and O–H groups in total. The second kappa shape index (κ2) is 9.56. The van der Waals surface area contributed by atoms with Gasteiger partial charge in [-0.3, -0.25) is 0 Å². The Kier molecular flexibility index (Phi) is 6.62. The lowest BCUT2D eigenvalue weighted by Gasteiger charge is -2.49. The zero-order valence-electron chi connectivity index (χ0n) is 16.9. The van der Waals surface area contributed by atoms with Gasteiger partial charge in [0, 0.05) is 0 Å². The summed E-state index contributed by atoms with van der Waals surface area (Å²) in [6.45, 7) is 0. The minimum absolute atomic E-state index is 0.173. The van der Waals surface area contributed by atoms with Crippen molar-refractivity contribution in [2.45, 2.75) is 0 Å². The molecule has 0 nitrogen and oxygen atoms in total. The van der Waals surface area contributed by atoms with Crippen LogP contribution in [0, 0.1) is 100 Å². The van der Waals surface area contributed by atoms with Gasteiger partial charge in [0.15, 0.2) is 0 Å². The maximum Gasteiger partial charge on any atom is -0.00485 e. The topological polar surface area (TPSA) is 0 Å². The Morgan fingerprint density at radius 2 is 0.800 bits per heavy atom. The molecule has 2 aromatic carbocycles. The molecule has 0 bridgehead atoms. The normalized spacial score (nSPS) is 21.8. The SMILES string of the molecule is [CH]1[CH][CH][C](C(CP(c2ccccc2)c2ccccc2)([C]2[CH][CH][CH][CH]2)[C]2[CH][CH][CH][CH]2)[CH]1. The summed E-state index contributed by atoms with van der Waals surface area (Å²) < 4.78 is 0. The zero-order valence-corrected chi connectivity index (χ0v) is 17.8. The van der Waals surface area contributed by atoms with E-state index in [1.807, 2.05) is 0 Å². The summed E-state index contributed by atoms with van der Waals surface area (Å²) in [4.78, 5) is 0. The van der Waals surface area contributed by atoms with E-state index in [-0.39, 0.29) is 5.41 Å². The molecule has 1 heteroatoms. The minimum atomic E-state index is -0.553. The highest BCUT2D eigenvalue weighted by Gasteiger charge is 2.54. The minimum Gasteiger partial charge on any atom is -0.0622 e. The monoisotopic (exact) mass is 403 g/mol. The molecular formula is C29H24P. The maximum atomic E-state index is 2.30. The van der Waals surface area contributed by atoms with Gasteiger partial charge in [0.25, 0.3) is 0 Å². The van der Waals surface area contributed by atoms with Gasteiger partial charge in [-0.1, -0.05) is 60.7 Å². The van der Waals surface area contributed by atoms with E-state index in [1.54, 1.807) is 0 Å². The first-order valence-electron chi connectivity index (χ1n) is 10.4. The van der Waals surface area contributed by atoms with E-state index in [0.717, 1.165) is 6.16 Å². The predicted octanol–water partition coefficient (Wildman–Crippen LogP) is 5.32. The van der Waals surface area contributed by atoms with E-state index in [2.05, 4.69) is 138 Å². The molecule has 3 saturated carbocycles. The van der Waals surface area contributed by atoms with Crippen molar-refractivity contribution in [3.8, 4) is 0 Å².